The molecule has 9 heteroatoms. The zero-order valence-corrected chi connectivity index (χ0v) is 11.8. The Balaban J connectivity index is 1.70. The van der Waals surface area contributed by atoms with Crippen molar-refractivity contribution in [1.82, 2.24) is 10.1 Å². The molecule has 6 nitrogen and oxygen atoms in total. The van der Waals surface area contributed by atoms with E-state index in [9.17, 15) is 18.0 Å². The highest BCUT2D eigenvalue weighted by Gasteiger charge is 2.52. The number of hydrogen-bond acceptors (Lipinski definition) is 5. The number of aromatic nitrogens is 1. The van der Waals surface area contributed by atoms with E-state index in [-0.39, 0.29) is 19.6 Å². The largest absolute Gasteiger partial charge is 0.481 e. The molecule has 1 N–H and O–H groups in total. The van der Waals surface area contributed by atoms with Gasteiger partial charge in [0.05, 0.1) is 23.8 Å². The first-order chi connectivity index (χ1) is 10.8. The molecule has 0 aromatic carbocycles. The van der Waals surface area contributed by atoms with E-state index in [4.69, 9.17) is 14.0 Å². The van der Waals surface area contributed by atoms with Gasteiger partial charge in [0, 0.05) is 25.7 Å². The van der Waals surface area contributed by atoms with Crippen LogP contribution in [-0.4, -0.2) is 40.4 Å². The Kier molecular flexibility index (Phi) is 3.88. The topological polar surface area (TPSA) is 79.7 Å². The van der Waals surface area contributed by atoms with E-state index in [0.717, 1.165) is 0 Å². The van der Waals surface area contributed by atoms with Crippen LogP contribution in [0.25, 0.3) is 11.5 Å². The van der Waals surface area contributed by atoms with Crippen molar-refractivity contribution in [1.29, 1.82) is 0 Å². The zero-order chi connectivity index (χ0) is 16.6. The predicted molar refractivity (Wildman–Crippen MR) is 70.2 cm³/mol. The molecule has 124 valence electrons. The van der Waals surface area contributed by atoms with Gasteiger partial charge in [-0.1, -0.05) is 5.16 Å². The molecule has 1 fully saturated rings. The molecule has 0 radical (unpaired) electrons. The summed E-state index contributed by atoms with van der Waals surface area (Å²) in [7, 11) is 0. The van der Waals surface area contributed by atoms with Gasteiger partial charge in [0.1, 0.15) is 0 Å². The fraction of sp³-hybridized carbons (Fsp3) is 0.429. The second-order valence-corrected chi connectivity index (χ2v) is 5.45. The van der Waals surface area contributed by atoms with Crippen molar-refractivity contribution in [3.8, 4) is 11.5 Å². The molecule has 1 saturated heterocycles. The summed E-state index contributed by atoms with van der Waals surface area (Å²) in [4.78, 5) is 12.5. The maximum atomic E-state index is 12.9. The van der Waals surface area contributed by atoms with Gasteiger partial charge >= 0.3 is 12.1 Å². The number of furan rings is 1. The van der Waals surface area contributed by atoms with Gasteiger partial charge in [-0.05, 0) is 12.1 Å². The fourth-order valence-electron chi connectivity index (χ4n) is 2.75. The molecule has 0 aliphatic carbocycles. The van der Waals surface area contributed by atoms with Crippen molar-refractivity contribution >= 4 is 5.97 Å². The van der Waals surface area contributed by atoms with Crippen LogP contribution in [0.1, 0.15) is 5.69 Å². The Bertz CT molecular complexity index is 681. The molecule has 1 aliphatic heterocycles. The number of carboxylic acid groups (broad SMARTS) is 1. The SMILES string of the molecule is O=C(O)[C@@H]1CN(Cc2cc(-c3ccco3)on2)C[C@H]1C(F)(F)F. The maximum absolute atomic E-state index is 12.9. The summed E-state index contributed by atoms with van der Waals surface area (Å²) < 4.78 is 49.0. The van der Waals surface area contributed by atoms with E-state index in [0.29, 0.717) is 17.2 Å². The number of carboxylic acids is 1. The first kappa shape index (κ1) is 15.6. The molecule has 0 saturated carbocycles. The lowest BCUT2D eigenvalue weighted by molar-refractivity contribution is -0.188. The molecule has 0 spiro atoms. The summed E-state index contributed by atoms with van der Waals surface area (Å²) in [5.74, 6) is -3.96. The van der Waals surface area contributed by atoms with Crippen LogP contribution in [0.3, 0.4) is 0 Å². The first-order valence-corrected chi connectivity index (χ1v) is 6.86. The van der Waals surface area contributed by atoms with Gasteiger partial charge in [-0.25, -0.2) is 0 Å². The van der Waals surface area contributed by atoms with Gasteiger partial charge in [-0.3, -0.25) is 9.69 Å². The molecular weight excluding hydrogens is 317 g/mol. The number of halogens is 3. The molecule has 2 aromatic heterocycles. The lowest BCUT2D eigenvalue weighted by Crippen LogP contribution is -2.33. The molecule has 3 heterocycles. The maximum Gasteiger partial charge on any atom is 0.393 e. The number of alkyl halides is 3. The molecule has 0 unspecified atom stereocenters. The smallest absolute Gasteiger partial charge is 0.393 e. The lowest BCUT2D eigenvalue weighted by atomic mass is 9.96. The van der Waals surface area contributed by atoms with E-state index in [1.807, 2.05) is 0 Å². The van der Waals surface area contributed by atoms with Gasteiger partial charge in [0.2, 0.25) is 5.76 Å². The van der Waals surface area contributed by atoms with Crippen molar-refractivity contribution in [2.75, 3.05) is 13.1 Å². The number of aliphatic carboxylic acids is 1. The van der Waals surface area contributed by atoms with Crippen molar-refractivity contribution in [2.24, 2.45) is 11.8 Å². The van der Waals surface area contributed by atoms with Crippen LogP contribution < -0.4 is 0 Å². The Morgan fingerprint density at radius 2 is 2.17 bits per heavy atom. The Morgan fingerprint density at radius 1 is 1.39 bits per heavy atom. The molecule has 2 atom stereocenters. The summed E-state index contributed by atoms with van der Waals surface area (Å²) in [6.45, 7) is -0.466. The summed E-state index contributed by atoms with van der Waals surface area (Å²) >= 11 is 0. The number of rotatable bonds is 4. The minimum atomic E-state index is -4.54. The highest BCUT2D eigenvalue weighted by molar-refractivity contribution is 5.71. The van der Waals surface area contributed by atoms with Gasteiger partial charge in [0.25, 0.3) is 0 Å². The summed E-state index contributed by atoms with van der Waals surface area (Å²) in [5.41, 5.74) is 0.420. The van der Waals surface area contributed by atoms with Crippen molar-refractivity contribution in [3.63, 3.8) is 0 Å². The fourth-order valence-corrected chi connectivity index (χ4v) is 2.75. The minimum Gasteiger partial charge on any atom is -0.481 e. The number of likely N-dealkylation sites (tertiary alicyclic amines) is 1. The Labute approximate surface area is 128 Å². The molecule has 0 amide bonds. The van der Waals surface area contributed by atoms with Crippen LogP contribution in [0.2, 0.25) is 0 Å². The zero-order valence-electron chi connectivity index (χ0n) is 11.8. The predicted octanol–water partition coefficient (Wildman–Crippen LogP) is 2.63. The van der Waals surface area contributed by atoms with Crippen LogP contribution in [0.4, 0.5) is 13.2 Å². The van der Waals surface area contributed by atoms with Crippen molar-refractivity contribution in [2.45, 2.75) is 12.7 Å². The molecule has 0 bridgehead atoms. The van der Waals surface area contributed by atoms with E-state index >= 15 is 0 Å². The monoisotopic (exact) mass is 330 g/mol. The minimum absolute atomic E-state index is 0.0839. The summed E-state index contributed by atoms with van der Waals surface area (Å²) in [6, 6.07) is 4.90. The third-order valence-electron chi connectivity index (χ3n) is 3.84. The third kappa shape index (κ3) is 3.24. The number of nitrogens with zero attached hydrogens (tertiary/aromatic N) is 2. The molecular formula is C14H13F3N2O4. The molecule has 2 aromatic rings. The molecule has 1 aliphatic rings. The van der Waals surface area contributed by atoms with Gasteiger partial charge in [-0.2, -0.15) is 13.2 Å². The highest BCUT2D eigenvalue weighted by Crippen LogP contribution is 2.38. The Morgan fingerprint density at radius 3 is 2.74 bits per heavy atom. The van der Waals surface area contributed by atoms with Crippen LogP contribution in [0, 0.1) is 11.8 Å². The van der Waals surface area contributed by atoms with Crippen molar-refractivity contribution in [3.05, 3.63) is 30.2 Å². The van der Waals surface area contributed by atoms with Crippen molar-refractivity contribution < 1.29 is 32.0 Å². The highest BCUT2D eigenvalue weighted by atomic mass is 19.4. The third-order valence-corrected chi connectivity index (χ3v) is 3.84. The normalized spacial score (nSPS) is 22.6. The molecule has 23 heavy (non-hydrogen) atoms. The second kappa shape index (κ2) is 5.73. The quantitative estimate of drug-likeness (QED) is 0.928. The van der Waals surface area contributed by atoms with E-state index < -0.39 is 24.0 Å². The van der Waals surface area contributed by atoms with Crippen LogP contribution >= 0.6 is 0 Å². The first-order valence-electron chi connectivity index (χ1n) is 6.86. The van der Waals surface area contributed by atoms with Crippen LogP contribution in [0.15, 0.2) is 33.4 Å². The van der Waals surface area contributed by atoms with Crippen LogP contribution in [-0.2, 0) is 11.3 Å². The summed E-state index contributed by atoms with van der Waals surface area (Å²) in [5, 5.41) is 12.8. The average molecular weight is 330 g/mol. The standard InChI is InChI=1S/C14H13F3N2O4/c15-14(16,17)10-7-19(6-9(10)13(20)21)5-8-4-12(23-18-8)11-2-1-3-22-11/h1-4,9-10H,5-7H2,(H,20,21)/t9-,10-/m1/s1. The van der Waals surface area contributed by atoms with Gasteiger partial charge < -0.3 is 14.0 Å². The van der Waals surface area contributed by atoms with E-state index in [1.54, 1.807) is 18.2 Å². The second-order valence-electron chi connectivity index (χ2n) is 5.45. The average Bonchev–Trinajstić information content (AvgIpc) is 3.17. The van der Waals surface area contributed by atoms with Gasteiger partial charge in [-0.15, -0.1) is 0 Å². The van der Waals surface area contributed by atoms with Crippen LogP contribution in [0.5, 0.6) is 0 Å². The number of carbonyl (C=O) groups is 1. The number of hydrogen-bond donors (Lipinski definition) is 1. The van der Waals surface area contributed by atoms with Gasteiger partial charge in [0.15, 0.2) is 5.76 Å². The summed E-state index contributed by atoms with van der Waals surface area (Å²) in [6.07, 6.45) is -3.08. The van der Waals surface area contributed by atoms with E-state index in [1.165, 1.54) is 11.2 Å². The Hall–Kier alpha value is -2.29. The van der Waals surface area contributed by atoms with E-state index in [2.05, 4.69) is 5.16 Å². The molecule has 3 rings (SSSR count). The lowest BCUT2D eigenvalue weighted by Gasteiger charge is -2.18.